The number of hydrogen-bond donors (Lipinski definition) is 4. The highest BCUT2D eigenvalue weighted by Gasteiger charge is 2.41. The average Bonchev–Trinajstić information content (AvgIpc) is 3.46. The smallest absolute Gasteiger partial charge is 0.410 e. The highest BCUT2D eigenvalue weighted by Crippen LogP contribution is 2.28. The summed E-state index contributed by atoms with van der Waals surface area (Å²) in [7, 11) is 1.59. The predicted molar refractivity (Wildman–Crippen MR) is 124 cm³/mol. The number of amidine groups is 1. The van der Waals surface area contributed by atoms with E-state index in [9.17, 15) is 9.59 Å². The quantitative estimate of drug-likeness (QED) is 0.422. The lowest BCUT2D eigenvalue weighted by Gasteiger charge is -2.35. The number of hydrazine groups is 1. The van der Waals surface area contributed by atoms with Crippen molar-refractivity contribution in [1.82, 2.24) is 21.2 Å². The number of likely N-dealkylation sites (tertiary alicyclic amines) is 1. The third kappa shape index (κ3) is 6.66. The molecule has 1 aromatic carbocycles. The summed E-state index contributed by atoms with van der Waals surface area (Å²) in [6.07, 6.45) is 1.37. The molecule has 5 N–H and O–H groups in total. The number of ether oxygens (including phenoxy) is 2. The largest absolute Gasteiger partial charge is 0.444 e. The van der Waals surface area contributed by atoms with Crippen LogP contribution >= 0.6 is 0 Å². The van der Waals surface area contributed by atoms with Crippen LogP contribution in [-0.2, 0) is 20.7 Å². The lowest BCUT2D eigenvalue weighted by molar-refractivity contribution is -0.713. The zero-order valence-electron chi connectivity index (χ0n) is 20.1. The van der Waals surface area contributed by atoms with Crippen molar-refractivity contribution in [3.8, 4) is 0 Å². The van der Waals surface area contributed by atoms with Gasteiger partial charge < -0.3 is 19.7 Å². The minimum atomic E-state index is -0.583. The Morgan fingerprint density at radius 1 is 1.30 bits per heavy atom. The van der Waals surface area contributed by atoms with E-state index in [0.29, 0.717) is 18.8 Å². The number of quaternary nitrogens is 1. The maximum Gasteiger partial charge on any atom is 0.410 e. The average molecular weight is 462 g/mol. The molecule has 0 unspecified atom stereocenters. The molecule has 182 valence electrons. The van der Waals surface area contributed by atoms with Crippen LogP contribution in [0.2, 0.25) is 0 Å². The van der Waals surface area contributed by atoms with Crippen LogP contribution in [0.4, 0.5) is 4.79 Å². The Kier molecular flexibility index (Phi) is 8.28. The molecule has 2 heterocycles. The van der Waals surface area contributed by atoms with Crippen LogP contribution in [0, 0.1) is 5.92 Å². The normalized spacial score (nSPS) is 21.1. The topological polar surface area (TPSA) is 121 Å². The van der Waals surface area contributed by atoms with Gasteiger partial charge in [0.1, 0.15) is 5.60 Å². The zero-order valence-corrected chi connectivity index (χ0v) is 20.1. The number of nitrogens with one attached hydrogen (secondary N) is 3. The fourth-order valence-corrected chi connectivity index (χ4v) is 4.31. The van der Waals surface area contributed by atoms with Gasteiger partial charge in [0.25, 0.3) is 0 Å². The molecule has 10 nitrogen and oxygen atoms in total. The molecule has 2 aliphatic rings. The minimum absolute atomic E-state index is 0.157. The van der Waals surface area contributed by atoms with Gasteiger partial charge >= 0.3 is 6.09 Å². The Morgan fingerprint density at radius 2 is 2.03 bits per heavy atom. The van der Waals surface area contributed by atoms with Gasteiger partial charge in [0.05, 0.1) is 24.1 Å². The van der Waals surface area contributed by atoms with Gasteiger partial charge in [-0.25, -0.2) is 4.79 Å². The first-order chi connectivity index (χ1) is 15.7. The zero-order chi connectivity index (χ0) is 24.0. The Labute approximate surface area is 195 Å². The molecular formula is C23H37N6O4+. The number of methoxy groups -OCH3 is 1. The molecule has 2 aliphatic heterocycles. The first-order valence-corrected chi connectivity index (χ1v) is 11.5. The first-order valence-electron chi connectivity index (χ1n) is 11.5. The Balaban J connectivity index is 1.70. The molecule has 2 amide bonds. The van der Waals surface area contributed by atoms with Crippen LogP contribution in [0.3, 0.4) is 0 Å². The second-order valence-corrected chi connectivity index (χ2v) is 9.54. The molecule has 4 atom stereocenters. The summed E-state index contributed by atoms with van der Waals surface area (Å²) in [5, 5.41) is 7.43. The number of nitrogens with two attached hydrogens (primary N) is 1. The molecular weight excluding hydrogens is 424 g/mol. The Hall–Kier alpha value is -2.69. The summed E-state index contributed by atoms with van der Waals surface area (Å²) in [4.78, 5) is 27.8. The summed E-state index contributed by atoms with van der Waals surface area (Å²) in [6.45, 7) is 7.96. The van der Waals surface area contributed by atoms with Crippen LogP contribution < -0.4 is 21.8 Å². The van der Waals surface area contributed by atoms with Crippen molar-refractivity contribution >= 4 is 17.8 Å². The van der Waals surface area contributed by atoms with Crippen LogP contribution in [0.15, 0.2) is 35.4 Å². The second kappa shape index (κ2) is 11.0. The van der Waals surface area contributed by atoms with Crippen molar-refractivity contribution in [2.24, 2.45) is 11.0 Å². The molecule has 0 radical (unpaired) electrons. The van der Waals surface area contributed by atoms with Gasteiger partial charge in [-0.2, -0.15) is 0 Å². The lowest BCUT2D eigenvalue weighted by atomic mass is 9.94. The minimum Gasteiger partial charge on any atom is -0.444 e. The van der Waals surface area contributed by atoms with Gasteiger partial charge in [0.15, 0.2) is 0 Å². The van der Waals surface area contributed by atoms with Gasteiger partial charge in [-0.05, 0) is 44.3 Å². The molecule has 3 rings (SSSR count). The van der Waals surface area contributed by atoms with E-state index in [1.54, 1.807) is 17.5 Å². The number of benzene rings is 1. The number of carbonyl (C=O) groups is 2. The van der Waals surface area contributed by atoms with Crippen molar-refractivity contribution in [2.75, 3.05) is 13.7 Å². The van der Waals surface area contributed by atoms with Crippen molar-refractivity contribution in [3.05, 3.63) is 35.9 Å². The standard InChI is InChI=1S/C23H36N6O4/c1-15(19(32-5)18-12-9-13-29(18)22(31)33-23(2,3)4)21(30)24-17(20-25-27-28-26-20)14-16-10-7-6-8-11-16/h6-8,10-11,15,17-19,27-28H,9,12-14H2,1-5H3,(H,24,30)(H,25,26)/p+1/t15-,17+,18+,19-/m1/s1. The molecule has 0 aromatic heterocycles. The van der Waals surface area contributed by atoms with Gasteiger partial charge in [0.2, 0.25) is 11.7 Å². The second-order valence-electron chi connectivity index (χ2n) is 9.54. The van der Waals surface area contributed by atoms with Crippen molar-refractivity contribution in [2.45, 2.75) is 70.7 Å². The van der Waals surface area contributed by atoms with Crippen molar-refractivity contribution < 1.29 is 24.6 Å². The van der Waals surface area contributed by atoms with E-state index in [2.05, 4.69) is 21.4 Å². The summed E-state index contributed by atoms with van der Waals surface area (Å²) in [5.41, 5.74) is 7.89. The molecule has 0 aliphatic carbocycles. The molecule has 33 heavy (non-hydrogen) atoms. The fraction of sp³-hybridized carbons (Fsp3) is 0.609. The lowest BCUT2D eigenvalue weighted by Crippen LogP contribution is -2.87. The Morgan fingerprint density at radius 3 is 2.64 bits per heavy atom. The van der Waals surface area contributed by atoms with Gasteiger partial charge in [0, 0.05) is 20.1 Å². The molecule has 0 bridgehead atoms. The van der Waals surface area contributed by atoms with E-state index >= 15 is 0 Å². The van der Waals surface area contributed by atoms with E-state index < -0.39 is 17.6 Å². The monoisotopic (exact) mass is 461 g/mol. The Bertz CT molecular complexity index is 841. The van der Waals surface area contributed by atoms with E-state index in [4.69, 9.17) is 9.47 Å². The third-order valence-corrected chi connectivity index (χ3v) is 5.88. The predicted octanol–water partition coefficient (Wildman–Crippen LogP) is 0.664. The van der Waals surface area contributed by atoms with Gasteiger partial charge in [-0.1, -0.05) is 42.8 Å². The fourth-order valence-electron chi connectivity index (χ4n) is 4.31. The molecule has 0 saturated carbocycles. The molecule has 1 saturated heterocycles. The molecule has 10 heteroatoms. The first kappa shape index (κ1) is 24.9. The molecule has 1 fully saturated rings. The maximum atomic E-state index is 13.3. The van der Waals surface area contributed by atoms with Crippen LogP contribution in [-0.4, -0.2) is 60.2 Å². The maximum absolute atomic E-state index is 13.3. The van der Waals surface area contributed by atoms with Crippen molar-refractivity contribution in [3.63, 3.8) is 0 Å². The van der Waals surface area contributed by atoms with Gasteiger partial charge in [-0.3, -0.25) is 10.2 Å². The molecule has 1 aromatic rings. The summed E-state index contributed by atoms with van der Waals surface area (Å²) in [5.74, 6) is 0.0000829. The summed E-state index contributed by atoms with van der Waals surface area (Å²) < 4.78 is 11.4. The highest BCUT2D eigenvalue weighted by atomic mass is 16.6. The SMILES string of the molecule is CO[C@H]([C@@H](C)C(=O)N[C@@H](Cc1ccccc1)C1=N[NH2+]NN1)[C@@H]1CCCN1C(=O)OC(C)(C)C. The third-order valence-electron chi connectivity index (χ3n) is 5.88. The van der Waals surface area contributed by atoms with Gasteiger partial charge in [-0.15, -0.1) is 5.53 Å². The number of carbonyl (C=O) groups excluding carboxylic acids is 2. The number of nitrogens with zero attached hydrogens (tertiary/aromatic N) is 2. The van der Waals surface area contributed by atoms with Crippen LogP contribution in [0.1, 0.15) is 46.1 Å². The van der Waals surface area contributed by atoms with E-state index in [-0.39, 0.29) is 24.1 Å². The van der Waals surface area contributed by atoms with Crippen LogP contribution in [0.25, 0.3) is 0 Å². The van der Waals surface area contributed by atoms with Crippen molar-refractivity contribution in [1.29, 1.82) is 0 Å². The molecule has 0 spiro atoms. The van der Waals surface area contributed by atoms with Crippen LogP contribution in [0.5, 0.6) is 0 Å². The van der Waals surface area contributed by atoms with E-state index in [1.165, 1.54) is 0 Å². The number of rotatable bonds is 8. The number of hydrogen-bond acceptors (Lipinski definition) is 7. The van der Waals surface area contributed by atoms with E-state index in [0.717, 1.165) is 18.4 Å². The number of amides is 2. The highest BCUT2D eigenvalue weighted by molar-refractivity contribution is 5.92. The summed E-state index contributed by atoms with van der Waals surface area (Å²) in [6, 6.07) is 9.37. The summed E-state index contributed by atoms with van der Waals surface area (Å²) >= 11 is 0. The van der Waals surface area contributed by atoms with E-state index in [1.807, 2.05) is 58.0 Å².